The van der Waals surface area contributed by atoms with Crippen LogP contribution >= 0.6 is 0 Å². The molecule has 0 bridgehead atoms. The van der Waals surface area contributed by atoms with Crippen LogP contribution in [0.2, 0.25) is 0 Å². The van der Waals surface area contributed by atoms with Gasteiger partial charge in [0.1, 0.15) is 0 Å². The SMILES string of the molecule is CCC12C[N]CCN1c1ccccc1Cc1ccccc12. The highest BCUT2D eigenvalue weighted by molar-refractivity contribution is 5.62. The van der Waals surface area contributed by atoms with Crippen molar-refractivity contribution in [3.05, 3.63) is 65.2 Å². The first kappa shape index (κ1) is 12.9. The van der Waals surface area contributed by atoms with E-state index in [1.165, 1.54) is 22.4 Å². The molecule has 0 aliphatic carbocycles. The Bertz CT molecular complexity index is 664. The van der Waals surface area contributed by atoms with Gasteiger partial charge in [-0.25, -0.2) is 5.32 Å². The van der Waals surface area contributed by atoms with Gasteiger partial charge in [-0.2, -0.15) is 0 Å². The van der Waals surface area contributed by atoms with Crippen molar-refractivity contribution in [2.24, 2.45) is 0 Å². The fraction of sp³-hybridized carbons (Fsp3) is 0.368. The number of benzene rings is 2. The van der Waals surface area contributed by atoms with Crippen LogP contribution in [0.1, 0.15) is 30.0 Å². The summed E-state index contributed by atoms with van der Waals surface area (Å²) in [7, 11) is 0. The molecule has 1 radical (unpaired) electrons. The lowest BCUT2D eigenvalue weighted by molar-refractivity contribution is 0.318. The first-order valence-corrected chi connectivity index (χ1v) is 7.92. The summed E-state index contributed by atoms with van der Waals surface area (Å²) in [5, 5.41) is 4.78. The van der Waals surface area contributed by atoms with Crippen molar-refractivity contribution in [3.8, 4) is 0 Å². The number of para-hydroxylation sites is 1. The molecule has 1 atom stereocenters. The van der Waals surface area contributed by atoms with E-state index in [1.807, 2.05) is 0 Å². The maximum Gasteiger partial charge on any atom is 0.0795 e. The van der Waals surface area contributed by atoms with E-state index < -0.39 is 0 Å². The highest BCUT2D eigenvalue weighted by Crippen LogP contribution is 2.43. The predicted octanol–water partition coefficient (Wildman–Crippen LogP) is 3.32. The number of hydrogen-bond donors (Lipinski definition) is 0. The molecule has 2 aliphatic rings. The van der Waals surface area contributed by atoms with Crippen LogP contribution in [-0.2, 0) is 12.0 Å². The molecule has 0 aromatic heterocycles. The van der Waals surface area contributed by atoms with Crippen LogP contribution in [0.15, 0.2) is 48.5 Å². The van der Waals surface area contributed by atoms with E-state index in [1.54, 1.807) is 0 Å². The standard InChI is InChI=1S/C19H21N2/c1-2-19-14-20-11-12-21(19)18-10-6-4-8-16(18)13-15-7-3-5-9-17(15)19/h3-10H,2,11-14H2,1H3. The first-order valence-electron chi connectivity index (χ1n) is 7.92. The predicted molar refractivity (Wildman–Crippen MR) is 86.9 cm³/mol. The summed E-state index contributed by atoms with van der Waals surface area (Å²) in [6, 6.07) is 17.9. The smallest absolute Gasteiger partial charge is 0.0795 e. The minimum absolute atomic E-state index is 0.0431. The van der Waals surface area contributed by atoms with Gasteiger partial charge < -0.3 is 4.90 Å². The van der Waals surface area contributed by atoms with Gasteiger partial charge in [0.2, 0.25) is 0 Å². The molecule has 2 aromatic carbocycles. The van der Waals surface area contributed by atoms with Crippen molar-refractivity contribution in [1.82, 2.24) is 5.32 Å². The quantitative estimate of drug-likeness (QED) is 0.781. The Hall–Kier alpha value is -1.80. The lowest BCUT2D eigenvalue weighted by Gasteiger charge is -2.48. The largest absolute Gasteiger partial charge is 0.359 e. The fourth-order valence-electron chi connectivity index (χ4n) is 4.07. The van der Waals surface area contributed by atoms with E-state index in [2.05, 4.69) is 60.4 Å². The Morgan fingerprint density at radius 2 is 1.81 bits per heavy atom. The summed E-state index contributed by atoms with van der Waals surface area (Å²) < 4.78 is 0. The molecular weight excluding hydrogens is 256 g/mol. The molecule has 1 fully saturated rings. The van der Waals surface area contributed by atoms with Gasteiger partial charge in [0.15, 0.2) is 0 Å². The summed E-state index contributed by atoms with van der Waals surface area (Å²) in [4.78, 5) is 2.63. The van der Waals surface area contributed by atoms with Crippen LogP contribution < -0.4 is 10.2 Å². The van der Waals surface area contributed by atoms with Crippen LogP contribution in [0.5, 0.6) is 0 Å². The van der Waals surface area contributed by atoms with Gasteiger partial charge in [-0.1, -0.05) is 49.4 Å². The average molecular weight is 277 g/mol. The molecule has 2 heterocycles. The second-order valence-corrected chi connectivity index (χ2v) is 6.10. The van der Waals surface area contributed by atoms with E-state index >= 15 is 0 Å². The molecule has 0 amide bonds. The van der Waals surface area contributed by atoms with Crippen molar-refractivity contribution in [2.45, 2.75) is 25.3 Å². The lowest BCUT2D eigenvalue weighted by Crippen LogP contribution is -2.57. The topological polar surface area (TPSA) is 17.3 Å². The maximum absolute atomic E-state index is 4.78. The molecule has 2 nitrogen and oxygen atoms in total. The maximum atomic E-state index is 4.78. The Kier molecular flexibility index (Phi) is 3.00. The molecule has 107 valence electrons. The number of anilines is 1. The molecule has 1 unspecified atom stereocenters. The number of fused-ring (bicyclic) bond motifs is 5. The van der Waals surface area contributed by atoms with Crippen LogP contribution in [0.3, 0.4) is 0 Å². The van der Waals surface area contributed by atoms with E-state index in [4.69, 9.17) is 5.32 Å². The number of hydrogen-bond acceptors (Lipinski definition) is 1. The zero-order valence-electron chi connectivity index (χ0n) is 12.5. The Morgan fingerprint density at radius 1 is 1.05 bits per heavy atom. The van der Waals surface area contributed by atoms with E-state index in [9.17, 15) is 0 Å². The molecule has 21 heavy (non-hydrogen) atoms. The van der Waals surface area contributed by atoms with Crippen molar-refractivity contribution in [2.75, 3.05) is 24.5 Å². The zero-order chi connectivity index (χ0) is 14.3. The normalized spacial score (nSPS) is 23.8. The Morgan fingerprint density at radius 3 is 2.67 bits per heavy atom. The lowest BCUT2D eigenvalue weighted by atomic mass is 9.81. The van der Waals surface area contributed by atoms with E-state index in [0.717, 1.165) is 32.5 Å². The second kappa shape index (κ2) is 4.88. The molecule has 1 saturated heterocycles. The summed E-state index contributed by atoms with van der Waals surface area (Å²) in [5.74, 6) is 0. The third-order valence-electron chi connectivity index (χ3n) is 5.14. The van der Waals surface area contributed by atoms with Gasteiger partial charge in [-0.15, -0.1) is 0 Å². The average Bonchev–Trinajstić information content (AvgIpc) is 2.68. The van der Waals surface area contributed by atoms with E-state index in [-0.39, 0.29) is 5.54 Å². The Labute approximate surface area is 126 Å². The van der Waals surface area contributed by atoms with Crippen LogP contribution in [0.25, 0.3) is 0 Å². The van der Waals surface area contributed by atoms with Gasteiger partial charge in [0.05, 0.1) is 5.54 Å². The van der Waals surface area contributed by atoms with Crippen LogP contribution in [-0.4, -0.2) is 19.6 Å². The molecule has 0 spiro atoms. The zero-order valence-corrected chi connectivity index (χ0v) is 12.5. The number of piperazine rings is 1. The summed E-state index contributed by atoms with van der Waals surface area (Å²) in [6.07, 6.45) is 2.13. The molecule has 2 aliphatic heterocycles. The van der Waals surface area contributed by atoms with Crippen molar-refractivity contribution >= 4 is 5.69 Å². The van der Waals surface area contributed by atoms with Crippen molar-refractivity contribution in [1.29, 1.82) is 0 Å². The van der Waals surface area contributed by atoms with Crippen LogP contribution in [0, 0.1) is 0 Å². The number of nitrogens with zero attached hydrogens (tertiary/aromatic N) is 2. The molecule has 0 saturated carbocycles. The van der Waals surface area contributed by atoms with Crippen LogP contribution in [0.4, 0.5) is 5.69 Å². The van der Waals surface area contributed by atoms with E-state index in [0.29, 0.717) is 0 Å². The van der Waals surface area contributed by atoms with Crippen molar-refractivity contribution < 1.29 is 0 Å². The second-order valence-electron chi connectivity index (χ2n) is 6.10. The first-order chi connectivity index (χ1) is 10.3. The van der Waals surface area contributed by atoms with Gasteiger partial charge in [0, 0.05) is 25.3 Å². The molecule has 0 N–H and O–H groups in total. The van der Waals surface area contributed by atoms with Gasteiger partial charge in [-0.3, -0.25) is 0 Å². The Balaban J connectivity index is 2.00. The summed E-state index contributed by atoms with van der Waals surface area (Å²) in [6.45, 7) is 5.19. The number of rotatable bonds is 1. The highest BCUT2D eigenvalue weighted by Gasteiger charge is 2.43. The highest BCUT2D eigenvalue weighted by atomic mass is 15.3. The minimum Gasteiger partial charge on any atom is -0.359 e. The molecule has 2 aromatic rings. The van der Waals surface area contributed by atoms with Crippen molar-refractivity contribution in [3.63, 3.8) is 0 Å². The molecule has 4 rings (SSSR count). The monoisotopic (exact) mass is 277 g/mol. The summed E-state index contributed by atoms with van der Waals surface area (Å²) in [5.41, 5.74) is 5.84. The fourth-order valence-corrected chi connectivity index (χ4v) is 4.07. The molecule has 2 heteroatoms. The minimum atomic E-state index is 0.0431. The third kappa shape index (κ3) is 1.82. The third-order valence-corrected chi connectivity index (χ3v) is 5.14. The molecular formula is C19H21N2. The van der Waals surface area contributed by atoms with Gasteiger partial charge in [0.25, 0.3) is 0 Å². The summed E-state index contributed by atoms with van der Waals surface area (Å²) >= 11 is 0. The van der Waals surface area contributed by atoms with Gasteiger partial charge in [-0.05, 0) is 35.6 Å². The van der Waals surface area contributed by atoms with Gasteiger partial charge >= 0.3 is 0 Å².